The van der Waals surface area contributed by atoms with Crippen LogP contribution in [0.1, 0.15) is 0 Å². The number of anilines is 1. The molecule has 3 aromatic carbocycles. The molecule has 5 rings (SSSR count). The molecule has 0 aliphatic heterocycles. The van der Waals surface area contributed by atoms with Crippen LogP contribution in [0.5, 0.6) is 11.5 Å². The molecule has 2 heterocycles. The lowest BCUT2D eigenvalue weighted by Gasteiger charge is -2.12. The van der Waals surface area contributed by atoms with E-state index < -0.39 is 0 Å². The molecule has 0 atom stereocenters. The molecule has 0 unspecified atom stereocenters. The first-order valence-corrected chi connectivity index (χ1v) is 9.81. The average Bonchev–Trinajstić information content (AvgIpc) is 2.82. The van der Waals surface area contributed by atoms with E-state index in [9.17, 15) is 0 Å². The number of hydrogen-bond donors (Lipinski definition) is 1. The molecule has 0 aliphatic carbocycles. The van der Waals surface area contributed by atoms with Gasteiger partial charge in [-0.05, 0) is 48.0 Å². The largest absolute Gasteiger partial charge is 0.493 e. The molecule has 5 aromatic rings. The first kappa shape index (κ1) is 18.8. The highest BCUT2D eigenvalue weighted by atomic mass is 16.5. The lowest BCUT2D eigenvalue weighted by atomic mass is 10.00. The molecule has 0 bridgehead atoms. The van der Waals surface area contributed by atoms with Gasteiger partial charge in [-0.3, -0.25) is 4.98 Å². The van der Waals surface area contributed by atoms with E-state index in [0.717, 1.165) is 44.2 Å². The maximum absolute atomic E-state index is 6.01. The molecule has 0 aliphatic rings. The van der Waals surface area contributed by atoms with Crippen LogP contribution < -0.4 is 15.2 Å². The molecule has 6 heteroatoms. The first-order chi connectivity index (χ1) is 15.2. The zero-order chi connectivity index (χ0) is 21.4. The van der Waals surface area contributed by atoms with Gasteiger partial charge in [-0.25, -0.2) is 9.97 Å². The zero-order valence-electron chi connectivity index (χ0n) is 17.2. The van der Waals surface area contributed by atoms with Gasteiger partial charge in [0.2, 0.25) is 5.95 Å². The number of nitrogen functional groups attached to an aromatic ring is 1. The maximum Gasteiger partial charge on any atom is 0.221 e. The van der Waals surface area contributed by atoms with Crippen LogP contribution >= 0.6 is 0 Å². The summed E-state index contributed by atoms with van der Waals surface area (Å²) < 4.78 is 10.8. The summed E-state index contributed by atoms with van der Waals surface area (Å²) in [4.78, 5) is 13.6. The summed E-state index contributed by atoms with van der Waals surface area (Å²) in [6, 6.07) is 22.0. The molecule has 0 radical (unpaired) electrons. The second-order valence-corrected chi connectivity index (χ2v) is 7.15. The van der Waals surface area contributed by atoms with Crippen molar-refractivity contribution in [3.05, 3.63) is 72.9 Å². The fraction of sp³-hybridized carbons (Fsp3) is 0.0800. The van der Waals surface area contributed by atoms with Gasteiger partial charge in [0.1, 0.15) is 0 Å². The summed E-state index contributed by atoms with van der Waals surface area (Å²) in [5.41, 5.74) is 11.4. The van der Waals surface area contributed by atoms with E-state index in [-0.39, 0.29) is 5.95 Å². The van der Waals surface area contributed by atoms with Crippen molar-refractivity contribution < 1.29 is 9.47 Å². The Kier molecular flexibility index (Phi) is 4.59. The monoisotopic (exact) mass is 408 g/mol. The van der Waals surface area contributed by atoms with Gasteiger partial charge in [-0.15, -0.1) is 0 Å². The quantitative estimate of drug-likeness (QED) is 0.445. The van der Waals surface area contributed by atoms with Gasteiger partial charge in [-0.2, -0.15) is 0 Å². The Balaban J connectivity index is 1.70. The predicted octanol–water partition coefficient (Wildman–Crippen LogP) is 5.11. The molecule has 0 spiro atoms. The fourth-order valence-electron chi connectivity index (χ4n) is 3.76. The van der Waals surface area contributed by atoms with E-state index in [1.165, 1.54) is 0 Å². The molecule has 2 N–H and O–H groups in total. The van der Waals surface area contributed by atoms with E-state index in [0.29, 0.717) is 11.5 Å². The first-order valence-electron chi connectivity index (χ1n) is 9.81. The standard InChI is InChI=1S/C25H20N4O2/c1-30-22-10-8-17(13-23(22)31-2)24-19-12-15(7-9-21(19)28-25(26)29-24)18-11-16-5-3-4-6-20(16)27-14-18/h3-14H,1-2H3,(H2,26,28,29). The summed E-state index contributed by atoms with van der Waals surface area (Å²) in [6.45, 7) is 0. The number of nitrogens with two attached hydrogens (primary N) is 1. The molecule has 0 saturated heterocycles. The van der Waals surface area contributed by atoms with Gasteiger partial charge in [0, 0.05) is 28.1 Å². The van der Waals surface area contributed by atoms with Crippen LogP contribution in [-0.4, -0.2) is 29.2 Å². The highest BCUT2D eigenvalue weighted by Gasteiger charge is 2.13. The van der Waals surface area contributed by atoms with E-state index in [2.05, 4.69) is 33.2 Å². The fourth-order valence-corrected chi connectivity index (χ4v) is 3.76. The number of rotatable bonds is 4. The minimum absolute atomic E-state index is 0.220. The van der Waals surface area contributed by atoms with Crippen LogP contribution in [0, 0.1) is 0 Å². The molecular weight excluding hydrogens is 388 g/mol. The molecule has 0 fully saturated rings. The van der Waals surface area contributed by atoms with Crippen molar-refractivity contribution in [3.8, 4) is 33.9 Å². The Bertz CT molecular complexity index is 1430. The molecule has 152 valence electrons. The number of nitrogens with zero attached hydrogens (tertiary/aromatic N) is 3. The van der Waals surface area contributed by atoms with Crippen molar-refractivity contribution >= 4 is 27.8 Å². The lowest BCUT2D eigenvalue weighted by molar-refractivity contribution is 0.355. The number of ether oxygens (including phenoxy) is 2. The third-order valence-corrected chi connectivity index (χ3v) is 5.29. The van der Waals surface area contributed by atoms with Gasteiger partial charge >= 0.3 is 0 Å². The SMILES string of the molecule is COc1ccc(-c2nc(N)nc3ccc(-c4cnc5ccccc5c4)cc23)cc1OC. The second kappa shape index (κ2) is 7.57. The van der Waals surface area contributed by atoms with Gasteiger partial charge in [0.05, 0.1) is 30.9 Å². The van der Waals surface area contributed by atoms with Crippen LogP contribution in [0.15, 0.2) is 72.9 Å². The minimum Gasteiger partial charge on any atom is -0.493 e. The smallest absolute Gasteiger partial charge is 0.221 e. The Labute approximate surface area is 179 Å². The van der Waals surface area contributed by atoms with Crippen molar-refractivity contribution in [3.63, 3.8) is 0 Å². The molecular formula is C25H20N4O2. The van der Waals surface area contributed by atoms with Crippen LogP contribution in [0.2, 0.25) is 0 Å². The second-order valence-electron chi connectivity index (χ2n) is 7.15. The van der Waals surface area contributed by atoms with E-state index in [1.54, 1.807) is 14.2 Å². The van der Waals surface area contributed by atoms with Crippen molar-refractivity contribution in [1.29, 1.82) is 0 Å². The average molecular weight is 408 g/mol. The Morgan fingerprint density at radius 3 is 2.35 bits per heavy atom. The summed E-state index contributed by atoms with van der Waals surface area (Å²) >= 11 is 0. The van der Waals surface area contributed by atoms with Crippen LogP contribution in [0.25, 0.3) is 44.2 Å². The number of hydrogen-bond acceptors (Lipinski definition) is 6. The summed E-state index contributed by atoms with van der Waals surface area (Å²) in [5, 5.41) is 1.99. The van der Waals surface area contributed by atoms with Gasteiger partial charge < -0.3 is 15.2 Å². The number of aromatic nitrogens is 3. The summed E-state index contributed by atoms with van der Waals surface area (Å²) in [6.07, 6.45) is 1.89. The number of methoxy groups -OCH3 is 2. The van der Waals surface area contributed by atoms with Crippen molar-refractivity contribution in [2.45, 2.75) is 0 Å². The van der Waals surface area contributed by atoms with E-state index in [1.807, 2.05) is 54.7 Å². The Hall–Kier alpha value is -4.19. The molecule has 6 nitrogen and oxygen atoms in total. The maximum atomic E-state index is 6.01. The minimum atomic E-state index is 0.220. The normalized spacial score (nSPS) is 11.0. The zero-order valence-corrected chi connectivity index (χ0v) is 17.2. The highest BCUT2D eigenvalue weighted by Crippen LogP contribution is 2.36. The number of benzene rings is 3. The number of fused-ring (bicyclic) bond motifs is 2. The Morgan fingerprint density at radius 1 is 0.710 bits per heavy atom. The molecule has 31 heavy (non-hydrogen) atoms. The van der Waals surface area contributed by atoms with Crippen LogP contribution in [0.4, 0.5) is 5.95 Å². The number of para-hydroxylation sites is 1. The lowest BCUT2D eigenvalue weighted by Crippen LogP contribution is -1.99. The van der Waals surface area contributed by atoms with Crippen molar-refractivity contribution in [2.24, 2.45) is 0 Å². The van der Waals surface area contributed by atoms with Gasteiger partial charge in [-0.1, -0.05) is 24.3 Å². The van der Waals surface area contributed by atoms with E-state index in [4.69, 9.17) is 15.2 Å². The van der Waals surface area contributed by atoms with Crippen LogP contribution in [-0.2, 0) is 0 Å². The molecule has 2 aromatic heterocycles. The highest BCUT2D eigenvalue weighted by molar-refractivity contribution is 5.96. The van der Waals surface area contributed by atoms with E-state index >= 15 is 0 Å². The van der Waals surface area contributed by atoms with Gasteiger partial charge in [0.15, 0.2) is 11.5 Å². The summed E-state index contributed by atoms with van der Waals surface area (Å²) in [5.74, 6) is 1.50. The van der Waals surface area contributed by atoms with Crippen LogP contribution in [0.3, 0.4) is 0 Å². The van der Waals surface area contributed by atoms with Gasteiger partial charge in [0.25, 0.3) is 0 Å². The summed E-state index contributed by atoms with van der Waals surface area (Å²) in [7, 11) is 3.22. The predicted molar refractivity (Wildman–Crippen MR) is 123 cm³/mol. The van der Waals surface area contributed by atoms with Crippen molar-refractivity contribution in [1.82, 2.24) is 15.0 Å². The third kappa shape index (κ3) is 3.38. The Morgan fingerprint density at radius 2 is 1.52 bits per heavy atom. The molecule has 0 amide bonds. The van der Waals surface area contributed by atoms with Crippen molar-refractivity contribution in [2.75, 3.05) is 20.0 Å². The third-order valence-electron chi connectivity index (χ3n) is 5.29. The topological polar surface area (TPSA) is 83.2 Å². The number of pyridine rings is 1. The molecule has 0 saturated carbocycles.